The molecule has 0 aliphatic heterocycles. The van der Waals surface area contributed by atoms with E-state index in [0.29, 0.717) is 18.0 Å². The average molecular weight is 343 g/mol. The number of hydrogen-bond donors (Lipinski definition) is 1. The molecule has 0 fully saturated rings. The van der Waals surface area contributed by atoms with E-state index in [2.05, 4.69) is 5.32 Å². The lowest BCUT2D eigenvalue weighted by atomic mass is 10.1. The van der Waals surface area contributed by atoms with Gasteiger partial charge in [0.1, 0.15) is 5.75 Å². The second-order valence-electron chi connectivity index (χ2n) is 5.87. The summed E-state index contributed by atoms with van der Waals surface area (Å²) < 4.78 is 16.3. The van der Waals surface area contributed by atoms with Crippen LogP contribution in [0.5, 0.6) is 17.2 Å². The molecule has 1 atom stereocenters. The Morgan fingerprint density at radius 2 is 1.76 bits per heavy atom. The van der Waals surface area contributed by atoms with Gasteiger partial charge in [-0.25, -0.2) is 0 Å². The molecule has 0 spiro atoms. The molecule has 5 heteroatoms. The van der Waals surface area contributed by atoms with E-state index >= 15 is 0 Å². The van der Waals surface area contributed by atoms with Gasteiger partial charge >= 0.3 is 0 Å². The summed E-state index contributed by atoms with van der Waals surface area (Å²) in [5.41, 5.74) is 3.10. The third-order valence-electron chi connectivity index (χ3n) is 4.14. The number of amides is 1. The van der Waals surface area contributed by atoms with E-state index in [1.807, 2.05) is 50.2 Å². The van der Waals surface area contributed by atoms with Gasteiger partial charge in [-0.2, -0.15) is 0 Å². The number of benzene rings is 2. The first-order valence-electron chi connectivity index (χ1n) is 8.17. The summed E-state index contributed by atoms with van der Waals surface area (Å²) in [6, 6.07) is 11.4. The van der Waals surface area contributed by atoms with E-state index in [1.54, 1.807) is 21.1 Å². The van der Waals surface area contributed by atoms with Gasteiger partial charge in [0.15, 0.2) is 17.6 Å². The molecule has 0 aromatic heterocycles. The molecule has 0 saturated heterocycles. The summed E-state index contributed by atoms with van der Waals surface area (Å²) in [4.78, 5) is 12.3. The van der Waals surface area contributed by atoms with Gasteiger partial charge in [-0.1, -0.05) is 18.2 Å². The van der Waals surface area contributed by atoms with Gasteiger partial charge in [0.2, 0.25) is 0 Å². The van der Waals surface area contributed by atoms with Crippen molar-refractivity contribution in [1.82, 2.24) is 5.32 Å². The van der Waals surface area contributed by atoms with Crippen LogP contribution in [0.1, 0.15) is 23.6 Å². The lowest BCUT2D eigenvalue weighted by Gasteiger charge is -2.17. The van der Waals surface area contributed by atoms with Crippen molar-refractivity contribution in [2.24, 2.45) is 0 Å². The number of nitrogens with one attached hydrogen (secondary N) is 1. The van der Waals surface area contributed by atoms with Crippen molar-refractivity contribution in [2.45, 2.75) is 33.4 Å². The molecule has 2 aromatic carbocycles. The third kappa shape index (κ3) is 4.66. The predicted molar refractivity (Wildman–Crippen MR) is 97.4 cm³/mol. The number of carbonyl (C=O) groups is 1. The summed E-state index contributed by atoms with van der Waals surface area (Å²) in [6.07, 6.45) is -0.583. The summed E-state index contributed by atoms with van der Waals surface area (Å²) in [7, 11) is 3.17. The fourth-order valence-corrected chi connectivity index (χ4v) is 2.42. The van der Waals surface area contributed by atoms with Gasteiger partial charge in [0, 0.05) is 6.54 Å². The zero-order valence-electron chi connectivity index (χ0n) is 15.4. The average Bonchev–Trinajstić information content (AvgIpc) is 2.63. The molecule has 0 unspecified atom stereocenters. The van der Waals surface area contributed by atoms with Gasteiger partial charge in [0.05, 0.1) is 14.2 Å². The maximum absolute atomic E-state index is 12.3. The second-order valence-corrected chi connectivity index (χ2v) is 5.87. The van der Waals surface area contributed by atoms with Crippen LogP contribution in [0.15, 0.2) is 36.4 Å². The first kappa shape index (κ1) is 18.6. The molecule has 2 aromatic rings. The van der Waals surface area contributed by atoms with Crippen LogP contribution in [-0.4, -0.2) is 26.2 Å². The molecule has 25 heavy (non-hydrogen) atoms. The molecule has 1 amide bonds. The molecule has 0 heterocycles. The van der Waals surface area contributed by atoms with Crippen LogP contribution >= 0.6 is 0 Å². The Kier molecular flexibility index (Phi) is 6.28. The molecule has 1 N–H and O–H groups in total. The van der Waals surface area contributed by atoms with Gasteiger partial charge in [-0.05, 0) is 55.7 Å². The lowest BCUT2D eigenvalue weighted by molar-refractivity contribution is -0.127. The first-order valence-corrected chi connectivity index (χ1v) is 8.17. The standard InChI is InChI=1S/C20H25NO4/c1-13-7-6-8-17(14(13)2)25-15(3)20(22)21-12-16-9-10-18(23-4)19(11-16)24-5/h6-11,15H,12H2,1-5H3,(H,21,22)/t15-/m1/s1. The highest BCUT2D eigenvalue weighted by Crippen LogP contribution is 2.27. The monoisotopic (exact) mass is 343 g/mol. The highest BCUT2D eigenvalue weighted by molar-refractivity contribution is 5.80. The van der Waals surface area contributed by atoms with E-state index < -0.39 is 6.10 Å². The topological polar surface area (TPSA) is 56.8 Å². The lowest BCUT2D eigenvalue weighted by Crippen LogP contribution is -2.36. The number of methoxy groups -OCH3 is 2. The molecule has 0 aliphatic rings. The minimum absolute atomic E-state index is 0.171. The van der Waals surface area contributed by atoms with Crippen molar-refractivity contribution in [2.75, 3.05) is 14.2 Å². The van der Waals surface area contributed by atoms with Gasteiger partial charge in [-0.3, -0.25) is 4.79 Å². The number of carbonyl (C=O) groups excluding carboxylic acids is 1. The summed E-state index contributed by atoms with van der Waals surface area (Å²) in [6.45, 7) is 6.13. The molecule has 134 valence electrons. The fraction of sp³-hybridized carbons (Fsp3) is 0.350. The number of hydrogen-bond acceptors (Lipinski definition) is 4. The Morgan fingerprint density at radius 1 is 1.04 bits per heavy atom. The van der Waals surface area contributed by atoms with Crippen LogP contribution in [-0.2, 0) is 11.3 Å². The van der Waals surface area contributed by atoms with Crippen molar-refractivity contribution in [3.8, 4) is 17.2 Å². The fourth-order valence-electron chi connectivity index (χ4n) is 2.42. The van der Waals surface area contributed by atoms with Crippen LogP contribution in [0.4, 0.5) is 0 Å². The maximum Gasteiger partial charge on any atom is 0.261 e. The predicted octanol–water partition coefficient (Wildman–Crippen LogP) is 3.40. The van der Waals surface area contributed by atoms with Crippen LogP contribution in [0.2, 0.25) is 0 Å². The van der Waals surface area contributed by atoms with Crippen molar-refractivity contribution in [3.05, 3.63) is 53.1 Å². The minimum atomic E-state index is -0.583. The molecule has 5 nitrogen and oxygen atoms in total. The highest BCUT2D eigenvalue weighted by atomic mass is 16.5. The largest absolute Gasteiger partial charge is 0.493 e. The van der Waals surface area contributed by atoms with Crippen molar-refractivity contribution < 1.29 is 19.0 Å². The quantitative estimate of drug-likeness (QED) is 0.837. The third-order valence-corrected chi connectivity index (χ3v) is 4.14. The SMILES string of the molecule is COc1ccc(CNC(=O)[C@@H](C)Oc2cccc(C)c2C)cc1OC. The molecular weight excluding hydrogens is 318 g/mol. The van der Waals surface area contributed by atoms with E-state index in [9.17, 15) is 4.79 Å². The van der Waals surface area contributed by atoms with Gasteiger partial charge < -0.3 is 19.5 Å². The van der Waals surface area contributed by atoms with E-state index in [4.69, 9.17) is 14.2 Å². The normalized spacial score (nSPS) is 11.6. The molecule has 0 aliphatic carbocycles. The number of aryl methyl sites for hydroxylation is 1. The minimum Gasteiger partial charge on any atom is -0.493 e. The van der Waals surface area contributed by atoms with Crippen LogP contribution in [0.3, 0.4) is 0 Å². The van der Waals surface area contributed by atoms with Crippen LogP contribution in [0, 0.1) is 13.8 Å². The zero-order valence-corrected chi connectivity index (χ0v) is 15.4. The Morgan fingerprint density at radius 3 is 2.44 bits per heavy atom. The molecule has 2 rings (SSSR count). The highest BCUT2D eigenvalue weighted by Gasteiger charge is 2.16. The smallest absolute Gasteiger partial charge is 0.261 e. The second kappa shape index (κ2) is 8.42. The van der Waals surface area contributed by atoms with Gasteiger partial charge in [0.25, 0.3) is 5.91 Å². The van der Waals surface area contributed by atoms with Gasteiger partial charge in [-0.15, -0.1) is 0 Å². The Hall–Kier alpha value is -2.69. The van der Waals surface area contributed by atoms with Crippen molar-refractivity contribution >= 4 is 5.91 Å². The van der Waals surface area contributed by atoms with E-state index in [1.165, 1.54) is 0 Å². The van der Waals surface area contributed by atoms with Crippen molar-refractivity contribution in [1.29, 1.82) is 0 Å². The zero-order chi connectivity index (χ0) is 18.4. The Labute approximate surface area is 148 Å². The summed E-state index contributed by atoms with van der Waals surface area (Å²) in [5, 5.41) is 2.88. The molecular formula is C20H25NO4. The van der Waals surface area contributed by atoms with E-state index in [-0.39, 0.29) is 5.91 Å². The van der Waals surface area contributed by atoms with Crippen molar-refractivity contribution in [3.63, 3.8) is 0 Å². The molecule has 0 saturated carbocycles. The first-order chi connectivity index (χ1) is 12.0. The molecule has 0 radical (unpaired) electrons. The number of ether oxygens (including phenoxy) is 3. The number of rotatable bonds is 7. The Bertz CT molecular complexity index is 742. The molecule has 0 bridgehead atoms. The Balaban J connectivity index is 1.96. The van der Waals surface area contributed by atoms with Crippen LogP contribution in [0.25, 0.3) is 0 Å². The van der Waals surface area contributed by atoms with E-state index in [0.717, 1.165) is 22.4 Å². The maximum atomic E-state index is 12.3. The summed E-state index contributed by atoms with van der Waals surface area (Å²) >= 11 is 0. The summed E-state index contributed by atoms with van der Waals surface area (Å²) in [5.74, 6) is 1.85. The van der Waals surface area contributed by atoms with Crippen LogP contribution < -0.4 is 19.5 Å².